The van der Waals surface area contributed by atoms with Crippen LogP contribution < -0.4 is 10.1 Å². The van der Waals surface area contributed by atoms with Gasteiger partial charge in [-0.25, -0.2) is 4.79 Å². The number of fused-ring (bicyclic) bond motifs is 1. The molecule has 0 radical (unpaired) electrons. The highest BCUT2D eigenvalue weighted by molar-refractivity contribution is 5.89. The van der Waals surface area contributed by atoms with Gasteiger partial charge in [-0.15, -0.1) is 0 Å². The van der Waals surface area contributed by atoms with Crippen molar-refractivity contribution in [2.45, 2.75) is 39.8 Å². The fourth-order valence-corrected chi connectivity index (χ4v) is 3.38. The Hall–Kier alpha value is -2.43. The lowest BCUT2D eigenvalue weighted by Gasteiger charge is -2.37. The first-order valence-electron chi connectivity index (χ1n) is 8.60. The Balaban J connectivity index is 1.72. The number of hydrogen-bond acceptors (Lipinski definition) is 2. The van der Waals surface area contributed by atoms with Crippen LogP contribution in [-0.2, 0) is 6.54 Å². The first-order valence-corrected chi connectivity index (χ1v) is 8.60. The quantitative estimate of drug-likeness (QED) is 0.915. The van der Waals surface area contributed by atoms with E-state index in [9.17, 15) is 4.79 Å². The van der Waals surface area contributed by atoms with Crippen LogP contribution in [0.15, 0.2) is 36.4 Å². The number of aryl methyl sites for hydroxylation is 1. The van der Waals surface area contributed by atoms with Gasteiger partial charge in [0.05, 0.1) is 12.6 Å². The van der Waals surface area contributed by atoms with Gasteiger partial charge in [0.1, 0.15) is 5.75 Å². The number of carbonyl (C=O) groups is 1. The van der Waals surface area contributed by atoms with Crippen LogP contribution in [0.25, 0.3) is 0 Å². The van der Waals surface area contributed by atoms with E-state index in [0.717, 1.165) is 30.9 Å². The molecule has 2 amide bonds. The van der Waals surface area contributed by atoms with E-state index in [2.05, 4.69) is 35.9 Å². The number of ether oxygens (including phenoxy) is 1. The van der Waals surface area contributed by atoms with Crippen LogP contribution in [0.1, 0.15) is 37.7 Å². The van der Waals surface area contributed by atoms with E-state index < -0.39 is 0 Å². The number of benzene rings is 1. The number of anilines is 1. The highest BCUT2D eigenvalue weighted by Crippen LogP contribution is 2.30. The molecule has 0 fully saturated rings. The molecule has 2 heterocycles. The SMILES string of the molecule is CCOc1ccc(NC(=O)N2CCn3c(C)ccc3[C@H]2CC)cc1. The Bertz CT molecular complexity index is 706. The standard InChI is InChI=1S/C19H25N3O2/c1-4-17-18-11-6-14(3)21(18)12-13-22(17)19(23)20-15-7-9-16(10-8-15)24-5-2/h6-11,17H,4-5,12-13H2,1-3H3,(H,20,23)/t17-/m1/s1. The second-order valence-corrected chi connectivity index (χ2v) is 6.06. The summed E-state index contributed by atoms with van der Waals surface area (Å²) in [5, 5.41) is 3.01. The molecule has 0 saturated heterocycles. The summed E-state index contributed by atoms with van der Waals surface area (Å²) < 4.78 is 7.75. The average molecular weight is 327 g/mol. The van der Waals surface area contributed by atoms with Crippen molar-refractivity contribution in [1.82, 2.24) is 9.47 Å². The molecular weight excluding hydrogens is 302 g/mol. The van der Waals surface area contributed by atoms with Crippen LogP contribution in [0.2, 0.25) is 0 Å². The monoisotopic (exact) mass is 327 g/mol. The number of carbonyl (C=O) groups excluding carboxylic acids is 1. The summed E-state index contributed by atoms with van der Waals surface area (Å²) in [6.07, 6.45) is 0.903. The predicted octanol–water partition coefficient (Wildman–Crippen LogP) is 4.19. The minimum atomic E-state index is -0.0453. The lowest BCUT2D eigenvalue weighted by molar-refractivity contribution is 0.165. The van der Waals surface area contributed by atoms with Crippen LogP contribution in [-0.4, -0.2) is 28.6 Å². The fraction of sp³-hybridized carbons (Fsp3) is 0.421. The third kappa shape index (κ3) is 3.11. The molecule has 5 nitrogen and oxygen atoms in total. The van der Waals surface area contributed by atoms with Gasteiger partial charge in [0.2, 0.25) is 0 Å². The minimum absolute atomic E-state index is 0.0453. The lowest BCUT2D eigenvalue weighted by atomic mass is 10.1. The van der Waals surface area contributed by atoms with Crippen molar-refractivity contribution < 1.29 is 9.53 Å². The second-order valence-electron chi connectivity index (χ2n) is 6.06. The van der Waals surface area contributed by atoms with E-state index in [0.29, 0.717) is 6.61 Å². The van der Waals surface area contributed by atoms with Gasteiger partial charge >= 0.3 is 6.03 Å². The maximum absolute atomic E-state index is 12.7. The summed E-state index contributed by atoms with van der Waals surface area (Å²) >= 11 is 0. The van der Waals surface area contributed by atoms with E-state index >= 15 is 0 Å². The van der Waals surface area contributed by atoms with Gasteiger partial charge in [-0.1, -0.05) is 6.92 Å². The zero-order valence-corrected chi connectivity index (χ0v) is 14.6. The molecule has 3 rings (SSSR count). The second kappa shape index (κ2) is 6.99. The summed E-state index contributed by atoms with van der Waals surface area (Å²) in [5.41, 5.74) is 3.27. The van der Waals surface area contributed by atoms with Crippen LogP contribution in [0.5, 0.6) is 5.75 Å². The van der Waals surface area contributed by atoms with Crippen molar-refractivity contribution in [3.63, 3.8) is 0 Å². The molecule has 1 N–H and O–H groups in total. The molecule has 0 spiro atoms. The van der Waals surface area contributed by atoms with Crippen LogP contribution >= 0.6 is 0 Å². The Morgan fingerprint density at radius 1 is 1.17 bits per heavy atom. The maximum atomic E-state index is 12.7. The molecule has 0 unspecified atom stereocenters. The molecule has 1 aliphatic heterocycles. The Morgan fingerprint density at radius 3 is 2.58 bits per heavy atom. The van der Waals surface area contributed by atoms with Crippen molar-refractivity contribution in [2.24, 2.45) is 0 Å². The molecule has 0 saturated carbocycles. The molecule has 0 aliphatic carbocycles. The van der Waals surface area contributed by atoms with E-state index in [1.54, 1.807) is 0 Å². The molecule has 128 valence electrons. The van der Waals surface area contributed by atoms with Crippen LogP contribution in [0, 0.1) is 6.92 Å². The third-order valence-electron chi connectivity index (χ3n) is 4.58. The molecule has 1 aromatic heterocycles. The number of nitrogens with one attached hydrogen (secondary N) is 1. The summed E-state index contributed by atoms with van der Waals surface area (Å²) in [7, 11) is 0. The molecule has 0 bridgehead atoms. The maximum Gasteiger partial charge on any atom is 0.322 e. The van der Waals surface area contributed by atoms with Gasteiger partial charge in [-0.3, -0.25) is 0 Å². The number of urea groups is 1. The number of rotatable bonds is 4. The molecule has 1 aromatic carbocycles. The Morgan fingerprint density at radius 2 is 1.92 bits per heavy atom. The van der Waals surface area contributed by atoms with Gasteiger partial charge in [0, 0.05) is 30.2 Å². The largest absolute Gasteiger partial charge is 0.494 e. The van der Waals surface area contributed by atoms with Crippen molar-refractivity contribution in [2.75, 3.05) is 18.5 Å². The summed E-state index contributed by atoms with van der Waals surface area (Å²) in [4.78, 5) is 14.7. The van der Waals surface area contributed by atoms with Crippen LogP contribution in [0.3, 0.4) is 0 Å². The third-order valence-corrected chi connectivity index (χ3v) is 4.58. The molecule has 1 atom stereocenters. The minimum Gasteiger partial charge on any atom is -0.494 e. The van der Waals surface area contributed by atoms with Crippen molar-refractivity contribution >= 4 is 11.7 Å². The fourth-order valence-electron chi connectivity index (χ4n) is 3.38. The van der Waals surface area contributed by atoms with Gasteiger partial charge in [-0.05, 0) is 56.7 Å². The number of aromatic nitrogens is 1. The molecule has 1 aliphatic rings. The van der Waals surface area contributed by atoms with E-state index in [1.807, 2.05) is 36.1 Å². The Kier molecular flexibility index (Phi) is 4.79. The molecular formula is C19H25N3O2. The summed E-state index contributed by atoms with van der Waals surface area (Å²) in [6, 6.07) is 11.8. The van der Waals surface area contributed by atoms with Crippen LogP contribution in [0.4, 0.5) is 10.5 Å². The van der Waals surface area contributed by atoms with Gasteiger partial charge in [-0.2, -0.15) is 0 Å². The van der Waals surface area contributed by atoms with Crippen molar-refractivity contribution in [3.05, 3.63) is 47.8 Å². The average Bonchev–Trinajstić information content (AvgIpc) is 2.97. The number of nitrogens with zero attached hydrogens (tertiary/aromatic N) is 2. The lowest BCUT2D eigenvalue weighted by Crippen LogP contribution is -2.44. The molecule has 5 heteroatoms. The van der Waals surface area contributed by atoms with Gasteiger partial charge < -0.3 is 19.5 Å². The summed E-state index contributed by atoms with van der Waals surface area (Å²) in [5.74, 6) is 0.813. The van der Waals surface area contributed by atoms with E-state index in [4.69, 9.17) is 4.74 Å². The summed E-state index contributed by atoms with van der Waals surface area (Å²) in [6.45, 7) is 8.40. The Labute approximate surface area is 143 Å². The highest BCUT2D eigenvalue weighted by atomic mass is 16.5. The van der Waals surface area contributed by atoms with E-state index in [-0.39, 0.29) is 12.1 Å². The zero-order valence-electron chi connectivity index (χ0n) is 14.6. The van der Waals surface area contributed by atoms with Crippen molar-refractivity contribution in [1.29, 1.82) is 0 Å². The predicted molar refractivity (Wildman–Crippen MR) is 95.5 cm³/mol. The van der Waals surface area contributed by atoms with E-state index in [1.165, 1.54) is 11.4 Å². The first-order chi connectivity index (χ1) is 11.6. The van der Waals surface area contributed by atoms with Gasteiger partial charge in [0.25, 0.3) is 0 Å². The first kappa shape index (κ1) is 16.4. The smallest absolute Gasteiger partial charge is 0.322 e. The number of hydrogen-bond donors (Lipinski definition) is 1. The molecule has 2 aromatic rings. The topological polar surface area (TPSA) is 46.5 Å². The van der Waals surface area contributed by atoms with Gasteiger partial charge in [0.15, 0.2) is 0 Å². The molecule has 24 heavy (non-hydrogen) atoms. The normalized spacial score (nSPS) is 16.6. The number of amides is 2. The van der Waals surface area contributed by atoms with Crippen molar-refractivity contribution in [3.8, 4) is 5.75 Å². The highest BCUT2D eigenvalue weighted by Gasteiger charge is 2.30. The zero-order chi connectivity index (χ0) is 17.1.